The predicted octanol–water partition coefficient (Wildman–Crippen LogP) is 3.67. The minimum absolute atomic E-state index is 0.0575. The number of nitrogens with zero attached hydrogens (tertiary/aromatic N) is 1. The van der Waals surface area contributed by atoms with E-state index < -0.39 is 0 Å². The zero-order valence-electron chi connectivity index (χ0n) is 15.6. The van der Waals surface area contributed by atoms with Gasteiger partial charge in [0.1, 0.15) is 0 Å². The fourth-order valence-electron chi connectivity index (χ4n) is 3.36. The molecule has 0 radical (unpaired) electrons. The van der Waals surface area contributed by atoms with Crippen molar-refractivity contribution in [2.75, 3.05) is 18.4 Å². The second-order valence-electron chi connectivity index (χ2n) is 6.80. The molecule has 5 heteroatoms. The number of rotatable bonds is 8. The maximum absolute atomic E-state index is 11.2. The van der Waals surface area contributed by atoms with Gasteiger partial charge < -0.3 is 16.0 Å². The Kier molecular flexibility index (Phi) is 8.29. The molecular weight excluding hydrogens is 312 g/mol. The van der Waals surface area contributed by atoms with Crippen LogP contribution in [0.5, 0.6) is 0 Å². The molecule has 0 unspecified atom stereocenters. The van der Waals surface area contributed by atoms with Gasteiger partial charge in [0.2, 0.25) is 5.91 Å². The second kappa shape index (κ2) is 10.7. The molecule has 138 valence electrons. The normalized spacial score (nSPS) is 15.2. The van der Waals surface area contributed by atoms with E-state index in [-0.39, 0.29) is 5.91 Å². The van der Waals surface area contributed by atoms with Crippen LogP contribution in [0.25, 0.3) is 0 Å². The zero-order chi connectivity index (χ0) is 17.9. The first-order valence-corrected chi connectivity index (χ1v) is 9.56. The molecule has 1 fully saturated rings. The van der Waals surface area contributed by atoms with Crippen molar-refractivity contribution in [2.45, 2.75) is 58.9 Å². The van der Waals surface area contributed by atoms with Gasteiger partial charge in [-0.1, -0.05) is 37.8 Å². The van der Waals surface area contributed by atoms with Gasteiger partial charge in [-0.2, -0.15) is 0 Å². The number of hydrogen-bond donors (Lipinski definition) is 3. The number of carbonyl (C=O) groups excluding carboxylic acids is 1. The summed E-state index contributed by atoms with van der Waals surface area (Å²) in [6.45, 7) is 6.00. The summed E-state index contributed by atoms with van der Waals surface area (Å²) in [4.78, 5) is 15.8. The van der Waals surface area contributed by atoms with Crippen molar-refractivity contribution in [1.82, 2.24) is 10.6 Å². The number of carbonyl (C=O) groups is 1. The standard InChI is InChI=1S/C20H32N4O/c1-3-21-20(22-13-7-11-17-8-4-5-9-17)23-15-18-10-6-12-19(14-18)24-16(2)25/h6,10,12,14,17H,3-5,7-9,11,13,15H2,1-2H3,(H,24,25)(H2,21,22,23). The summed E-state index contributed by atoms with van der Waals surface area (Å²) in [6, 6.07) is 7.83. The summed E-state index contributed by atoms with van der Waals surface area (Å²) in [5, 5.41) is 9.54. The maximum atomic E-state index is 11.2. The number of anilines is 1. The molecule has 1 amide bonds. The fraction of sp³-hybridized carbons (Fsp3) is 0.600. The predicted molar refractivity (Wildman–Crippen MR) is 105 cm³/mol. The number of hydrogen-bond acceptors (Lipinski definition) is 2. The lowest BCUT2D eigenvalue weighted by atomic mass is 10.0. The topological polar surface area (TPSA) is 65.5 Å². The van der Waals surface area contributed by atoms with Crippen LogP contribution in [0, 0.1) is 5.92 Å². The van der Waals surface area contributed by atoms with Crippen molar-refractivity contribution >= 4 is 17.6 Å². The number of amides is 1. The Labute approximate surface area is 151 Å². The minimum Gasteiger partial charge on any atom is -0.357 e. The van der Waals surface area contributed by atoms with E-state index in [4.69, 9.17) is 0 Å². The summed E-state index contributed by atoms with van der Waals surface area (Å²) in [5.41, 5.74) is 1.89. The van der Waals surface area contributed by atoms with E-state index in [2.05, 4.69) is 27.9 Å². The van der Waals surface area contributed by atoms with E-state index in [9.17, 15) is 4.79 Å². The average Bonchev–Trinajstić information content (AvgIpc) is 3.09. The lowest BCUT2D eigenvalue weighted by Gasteiger charge is -2.13. The van der Waals surface area contributed by atoms with Gasteiger partial charge in [-0.3, -0.25) is 4.79 Å². The average molecular weight is 345 g/mol. The molecule has 0 atom stereocenters. The molecule has 0 aliphatic heterocycles. The third-order valence-electron chi connectivity index (χ3n) is 4.57. The Morgan fingerprint density at radius 2 is 2.04 bits per heavy atom. The van der Waals surface area contributed by atoms with Gasteiger partial charge in [0, 0.05) is 25.7 Å². The van der Waals surface area contributed by atoms with Gasteiger partial charge >= 0.3 is 0 Å². The Morgan fingerprint density at radius 1 is 1.24 bits per heavy atom. The van der Waals surface area contributed by atoms with Crippen molar-refractivity contribution in [3.05, 3.63) is 29.8 Å². The van der Waals surface area contributed by atoms with Crippen LogP contribution in [0.3, 0.4) is 0 Å². The molecule has 0 saturated heterocycles. The molecule has 5 nitrogen and oxygen atoms in total. The van der Waals surface area contributed by atoms with Crippen molar-refractivity contribution in [2.24, 2.45) is 10.9 Å². The summed E-state index contributed by atoms with van der Waals surface area (Å²) in [5.74, 6) is 1.75. The fourth-order valence-corrected chi connectivity index (χ4v) is 3.36. The summed E-state index contributed by atoms with van der Waals surface area (Å²) >= 11 is 0. The van der Waals surface area contributed by atoms with Crippen LogP contribution in [-0.4, -0.2) is 25.0 Å². The summed E-state index contributed by atoms with van der Waals surface area (Å²) in [6.07, 6.45) is 8.19. The van der Waals surface area contributed by atoms with Gasteiger partial charge in [-0.25, -0.2) is 4.99 Å². The van der Waals surface area contributed by atoms with Crippen molar-refractivity contribution in [3.8, 4) is 0 Å². The molecule has 1 aliphatic carbocycles. The van der Waals surface area contributed by atoms with Gasteiger partial charge in [-0.05, 0) is 43.4 Å². The molecule has 1 aromatic carbocycles. The van der Waals surface area contributed by atoms with Crippen molar-refractivity contribution in [3.63, 3.8) is 0 Å². The first kappa shape index (κ1) is 19.3. The molecule has 1 aliphatic rings. The Balaban J connectivity index is 1.80. The number of aliphatic imine (C=N–C) groups is 1. The lowest BCUT2D eigenvalue weighted by Crippen LogP contribution is -2.37. The van der Waals surface area contributed by atoms with Gasteiger partial charge in [-0.15, -0.1) is 0 Å². The Morgan fingerprint density at radius 3 is 2.76 bits per heavy atom. The molecular formula is C20H32N4O. The van der Waals surface area contributed by atoms with Crippen molar-refractivity contribution < 1.29 is 4.79 Å². The Bertz CT molecular complexity index is 565. The number of guanidine groups is 1. The van der Waals surface area contributed by atoms with Gasteiger partial charge in [0.05, 0.1) is 6.54 Å². The quantitative estimate of drug-likeness (QED) is 0.383. The van der Waals surface area contributed by atoms with Crippen LogP contribution in [0.15, 0.2) is 29.3 Å². The highest BCUT2D eigenvalue weighted by molar-refractivity contribution is 5.88. The molecule has 0 heterocycles. The van der Waals surface area contributed by atoms with Crippen LogP contribution in [0.2, 0.25) is 0 Å². The molecule has 0 aromatic heterocycles. The van der Waals surface area contributed by atoms with Crippen LogP contribution in [0.4, 0.5) is 5.69 Å². The smallest absolute Gasteiger partial charge is 0.221 e. The van der Waals surface area contributed by atoms with Crippen molar-refractivity contribution in [1.29, 1.82) is 0 Å². The SMILES string of the molecule is CCNC(=NCc1cccc(NC(C)=O)c1)NCCCC1CCCC1. The first-order chi connectivity index (χ1) is 12.2. The lowest BCUT2D eigenvalue weighted by molar-refractivity contribution is -0.114. The monoisotopic (exact) mass is 344 g/mol. The largest absolute Gasteiger partial charge is 0.357 e. The molecule has 2 rings (SSSR count). The van der Waals surface area contributed by atoms with E-state index in [1.54, 1.807) is 0 Å². The van der Waals surface area contributed by atoms with Gasteiger partial charge in [0.15, 0.2) is 5.96 Å². The van der Waals surface area contributed by atoms with Crippen LogP contribution in [-0.2, 0) is 11.3 Å². The molecule has 1 aromatic rings. The third kappa shape index (κ3) is 7.59. The summed E-state index contributed by atoms with van der Waals surface area (Å²) < 4.78 is 0. The van der Waals surface area contributed by atoms with Crippen LogP contribution < -0.4 is 16.0 Å². The van der Waals surface area contributed by atoms with E-state index in [0.29, 0.717) is 6.54 Å². The van der Waals surface area contributed by atoms with Crippen LogP contribution >= 0.6 is 0 Å². The molecule has 25 heavy (non-hydrogen) atoms. The third-order valence-corrected chi connectivity index (χ3v) is 4.57. The highest BCUT2D eigenvalue weighted by Crippen LogP contribution is 2.28. The van der Waals surface area contributed by atoms with E-state index in [1.807, 2.05) is 24.3 Å². The second-order valence-corrected chi connectivity index (χ2v) is 6.80. The first-order valence-electron chi connectivity index (χ1n) is 9.56. The molecule has 0 spiro atoms. The summed E-state index contributed by atoms with van der Waals surface area (Å²) in [7, 11) is 0. The van der Waals surface area contributed by atoms with E-state index >= 15 is 0 Å². The highest BCUT2D eigenvalue weighted by atomic mass is 16.1. The number of benzene rings is 1. The molecule has 3 N–H and O–H groups in total. The maximum Gasteiger partial charge on any atom is 0.221 e. The Hall–Kier alpha value is -2.04. The van der Waals surface area contributed by atoms with Gasteiger partial charge in [0.25, 0.3) is 0 Å². The minimum atomic E-state index is -0.0575. The highest BCUT2D eigenvalue weighted by Gasteiger charge is 2.13. The van der Waals surface area contributed by atoms with E-state index in [1.165, 1.54) is 45.4 Å². The number of nitrogens with one attached hydrogen (secondary N) is 3. The molecule has 1 saturated carbocycles. The van der Waals surface area contributed by atoms with E-state index in [0.717, 1.165) is 36.2 Å². The zero-order valence-corrected chi connectivity index (χ0v) is 15.6. The molecule has 0 bridgehead atoms. The van der Waals surface area contributed by atoms with Crippen LogP contribution in [0.1, 0.15) is 57.9 Å².